The van der Waals surface area contributed by atoms with Crippen LogP contribution in [-0.2, 0) is 19.1 Å². The fraction of sp³-hybridized carbons (Fsp3) is 0.700. The molecule has 3 aliphatic rings. The lowest BCUT2D eigenvalue weighted by Gasteiger charge is -2.41. The van der Waals surface area contributed by atoms with Gasteiger partial charge in [-0.3, -0.25) is 14.4 Å². The number of amides is 3. The van der Waals surface area contributed by atoms with E-state index in [0.717, 1.165) is 12.8 Å². The Morgan fingerprint density at radius 1 is 1.16 bits per heavy atom. The zero-order valence-electron chi connectivity index (χ0n) is 23.9. The van der Waals surface area contributed by atoms with Gasteiger partial charge in [-0.2, -0.15) is 0 Å². The third-order valence-electron chi connectivity index (χ3n) is 8.61. The zero-order chi connectivity index (χ0) is 28.0. The zero-order valence-corrected chi connectivity index (χ0v) is 23.9. The summed E-state index contributed by atoms with van der Waals surface area (Å²) in [6.45, 7) is 14.1. The van der Waals surface area contributed by atoms with Gasteiger partial charge in [-0.25, -0.2) is 0 Å². The fourth-order valence-corrected chi connectivity index (χ4v) is 7.38. The van der Waals surface area contributed by atoms with Crippen molar-refractivity contribution in [2.75, 3.05) is 11.9 Å². The van der Waals surface area contributed by atoms with Crippen molar-refractivity contribution in [3.63, 3.8) is 0 Å². The van der Waals surface area contributed by atoms with Crippen molar-refractivity contribution >= 4 is 23.4 Å². The first-order chi connectivity index (χ1) is 17.7. The highest BCUT2D eigenvalue weighted by molar-refractivity contribution is 6.02. The van der Waals surface area contributed by atoms with E-state index in [1.165, 1.54) is 0 Å². The molecule has 3 amide bonds. The number of carbonyl (C=O) groups excluding carboxylic acids is 3. The Bertz CT molecular complexity index is 1050. The van der Waals surface area contributed by atoms with E-state index in [1.54, 1.807) is 4.90 Å². The molecule has 0 aliphatic carbocycles. The second kappa shape index (κ2) is 10.3. The Kier molecular flexibility index (Phi) is 7.71. The average molecular weight is 528 g/mol. The van der Waals surface area contributed by atoms with Crippen LogP contribution in [0.5, 0.6) is 0 Å². The molecule has 0 saturated carbocycles. The molecular weight excluding hydrogens is 482 g/mol. The lowest BCUT2D eigenvalue weighted by molar-refractivity contribution is -0.147. The van der Waals surface area contributed by atoms with E-state index < -0.39 is 41.2 Å². The minimum absolute atomic E-state index is 0.0178. The lowest BCUT2D eigenvalue weighted by Crippen LogP contribution is -2.62. The average Bonchev–Trinajstić information content (AvgIpc) is 3.46. The number of ether oxygens (including phenoxy) is 1. The van der Waals surface area contributed by atoms with E-state index in [4.69, 9.17) is 4.74 Å². The molecule has 3 saturated heterocycles. The van der Waals surface area contributed by atoms with Crippen molar-refractivity contribution in [1.29, 1.82) is 0 Å². The van der Waals surface area contributed by atoms with Gasteiger partial charge in [0.25, 0.3) is 0 Å². The monoisotopic (exact) mass is 527 g/mol. The molecule has 210 valence electrons. The molecule has 3 N–H and O–H groups in total. The number of anilines is 1. The maximum Gasteiger partial charge on any atom is 0.246 e. The smallest absolute Gasteiger partial charge is 0.246 e. The Morgan fingerprint density at radius 2 is 1.82 bits per heavy atom. The summed E-state index contributed by atoms with van der Waals surface area (Å²) in [5.74, 6) is -2.32. The number of hydrogen-bond acceptors (Lipinski definition) is 5. The highest BCUT2D eigenvalue weighted by Gasteiger charge is 2.75. The summed E-state index contributed by atoms with van der Waals surface area (Å²) >= 11 is 0. The topological polar surface area (TPSA) is 108 Å². The van der Waals surface area contributed by atoms with Crippen molar-refractivity contribution < 1.29 is 24.2 Å². The number of benzene rings is 1. The molecular formula is C30H45N3O5. The Hall–Kier alpha value is -2.45. The number of rotatable bonds is 9. The van der Waals surface area contributed by atoms with Gasteiger partial charge in [0, 0.05) is 11.2 Å². The van der Waals surface area contributed by atoms with E-state index >= 15 is 0 Å². The third-order valence-corrected chi connectivity index (χ3v) is 8.61. The van der Waals surface area contributed by atoms with Crippen LogP contribution in [0, 0.1) is 23.2 Å². The summed E-state index contributed by atoms with van der Waals surface area (Å²) in [6.07, 6.45) is 2.17. The van der Waals surface area contributed by atoms with Crippen molar-refractivity contribution in [2.24, 2.45) is 23.2 Å². The number of hydrogen-bond donors (Lipinski definition) is 3. The quantitative estimate of drug-likeness (QED) is 0.454. The van der Waals surface area contributed by atoms with Crippen LogP contribution in [0.3, 0.4) is 0 Å². The van der Waals surface area contributed by atoms with Gasteiger partial charge in [0.1, 0.15) is 11.6 Å². The normalized spacial score (nSPS) is 30.2. The Labute approximate surface area is 226 Å². The first-order valence-corrected chi connectivity index (χ1v) is 14.0. The van der Waals surface area contributed by atoms with E-state index in [-0.39, 0.29) is 35.7 Å². The first-order valence-electron chi connectivity index (χ1n) is 14.0. The Morgan fingerprint density at radius 3 is 2.39 bits per heavy atom. The van der Waals surface area contributed by atoms with E-state index in [0.29, 0.717) is 18.5 Å². The Balaban J connectivity index is 1.72. The van der Waals surface area contributed by atoms with Crippen LogP contribution < -0.4 is 10.6 Å². The van der Waals surface area contributed by atoms with Gasteiger partial charge in [-0.05, 0) is 56.6 Å². The van der Waals surface area contributed by atoms with Crippen LogP contribution in [0.15, 0.2) is 30.3 Å². The van der Waals surface area contributed by atoms with Crippen molar-refractivity contribution in [3.8, 4) is 0 Å². The van der Waals surface area contributed by atoms with Gasteiger partial charge in [0.2, 0.25) is 17.7 Å². The molecule has 0 radical (unpaired) electrons. The number of aliphatic hydroxyl groups excluding tert-OH is 1. The molecule has 1 spiro atoms. The minimum atomic E-state index is -1.09. The summed E-state index contributed by atoms with van der Waals surface area (Å²) in [7, 11) is 0. The number of carbonyl (C=O) groups is 3. The molecule has 3 heterocycles. The number of likely N-dealkylation sites (tertiary alicyclic amines) is 1. The van der Waals surface area contributed by atoms with Gasteiger partial charge < -0.3 is 25.4 Å². The summed E-state index contributed by atoms with van der Waals surface area (Å²) in [4.78, 5) is 43.6. The first kappa shape index (κ1) is 28.6. The predicted molar refractivity (Wildman–Crippen MR) is 146 cm³/mol. The molecule has 0 aromatic heterocycles. The highest BCUT2D eigenvalue weighted by Crippen LogP contribution is 2.59. The molecule has 2 unspecified atom stereocenters. The van der Waals surface area contributed by atoms with Gasteiger partial charge in [0.05, 0.1) is 30.6 Å². The van der Waals surface area contributed by atoms with Crippen LogP contribution in [-0.4, -0.2) is 63.7 Å². The summed E-state index contributed by atoms with van der Waals surface area (Å²) in [5, 5.41) is 16.6. The second-order valence-electron chi connectivity index (χ2n) is 13.4. The maximum atomic E-state index is 14.2. The number of para-hydroxylation sites is 1. The van der Waals surface area contributed by atoms with Gasteiger partial charge in [0.15, 0.2) is 0 Å². The van der Waals surface area contributed by atoms with Crippen LogP contribution in [0.4, 0.5) is 5.69 Å². The van der Waals surface area contributed by atoms with Crippen molar-refractivity contribution in [2.45, 2.75) is 103 Å². The molecule has 2 bridgehead atoms. The number of nitrogens with zero attached hydrogens (tertiary/aromatic N) is 1. The molecule has 8 heteroatoms. The summed E-state index contributed by atoms with van der Waals surface area (Å²) in [6, 6.07) is 7.71. The minimum Gasteiger partial charge on any atom is -0.394 e. The van der Waals surface area contributed by atoms with Crippen LogP contribution in [0.1, 0.15) is 74.1 Å². The van der Waals surface area contributed by atoms with Crippen molar-refractivity contribution in [1.82, 2.24) is 10.2 Å². The van der Waals surface area contributed by atoms with Crippen LogP contribution in [0.25, 0.3) is 0 Å². The van der Waals surface area contributed by atoms with E-state index in [1.807, 2.05) is 58.0 Å². The van der Waals surface area contributed by atoms with Crippen LogP contribution >= 0.6 is 0 Å². The van der Waals surface area contributed by atoms with Gasteiger partial charge in [-0.15, -0.1) is 0 Å². The number of aliphatic hydroxyl groups is 1. The molecule has 7 atom stereocenters. The molecule has 38 heavy (non-hydrogen) atoms. The summed E-state index contributed by atoms with van der Waals surface area (Å²) < 4.78 is 6.55. The fourth-order valence-electron chi connectivity index (χ4n) is 7.38. The largest absolute Gasteiger partial charge is 0.394 e. The maximum absolute atomic E-state index is 14.2. The van der Waals surface area contributed by atoms with E-state index in [9.17, 15) is 19.5 Å². The summed E-state index contributed by atoms with van der Waals surface area (Å²) in [5.41, 5.74) is -0.980. The standard InChI is InChI=1S/C30H45N3O5/c1-8-18(2)20(16-34)33-24(26(36)32-29(6,7)17-28(3,4)5)30-15-14-21(38-30)22(23(30)27(33)37)25(35)31-19-12-10-9-11-13-19/h9-13,18,20-24,34H,8,14-17H2,1-7H3,(H,31,35)(H,32,36)/t18-,20-,21+,22-,23-,24?,30?/m0/s1. The SMILES string of the molecule is CC[C@H](C)[C@H](CO)N1C(=O)[C@@H]2[C@@H](C(=O)Nc3ccccc3)[C@H]3CCC2(O3)C1C(=O)NC(C)(C)CC(C)(C)C. The predicted octanol–water partition coefficient (Wildman–Crippen LogP) is 3.74. The molecule has 3 fully saturated rings. The third kappa shape index (κ3) is 5.09. The van der Waals surface area contributed by atoms with Gasteiger partial charge >= 0.3 is 0 Å². The molecule has 8 nitrogen and oxygen atoms in total. The molecule has 4 rings (SSSR count). The highest BCUT2D eigenvalue weighted by atomic mass is 16.5. The molecule has 1 aromatic carbocycles. The number of nitrogens with one attached hydrogen (secondary N) is 2. The number of fused-ring (bicyclic) bond motifs is 1. The van der Waals surface area contributed by atoms with Crippen molar-refractivity contribution in [3.05, 3.63) is 30.3 Å². The van der Waals surface area contributed by atoms with Crippen LogP contribution in [0.2, 0.25) is 0 Å². The lowest BCUT2D eigenvalue weighted by atomic mass is 9.70. The van der Waals surface area contributed by atoms with Gasteiger partial charge in [-0.1, -0.05) is 59.2 Å². The van der Waals surface area contributed by atoms with E-state index in [2.05, 4.69) is 31.4 Å². The second-order valence-corrected chi connectivity index (χ2v) is 13.4. The molecule has 3 aliphatic heterocycles. The molecule has 1 aromatic rings.